The Labute approximate surface area is 169 Å². The third kappa shape index (κ3) is 11.0. The first kappa shape index (κ1) is 23.4. The van der Waals surface area contributed by atoms with Crippen molar-refractivity contribution in [1.29, 1.82) is 0 Å². The lowest BCUT2D eigenvalue weighted by molar-refractivity contribution is 0.727. The largest absolute Gasteiger partial charge is 0.375 e. The first-order valence-electron chi connectivity index (χ1n) is 8.55. The van der Waals surface area contributed by atoms with Crippen LogP contribution in [-0.4, -0.2) is 51.2 Å². The van der Waals surface area contributed by atoms with Crippen LogP contribution in [0.4, 0.5) is 5.69 Å². The van der Waals surface area contributed by atoms with Gasteiger partial charge in [0.2, 0.25) is 0 Å². The summed E-state index contributed by atoms with van der Waals surface area (Å²) in [4.78, 5) is 6.94. The van der Waals surface area contributed by atoms with Crippen molar-refractivity contribution < 1.29 is 0 Å². The monoisotopic (exact) mass is 464 g/mol. The van der Waals surface area contributed by atoms with Crippen molar-refractivity contribution in [2.75, 3.05) is 50.1 Å². The number of thioether (sulfide) groups is 1. The number of anilines is 1. The van der Waals surface area contributed by atoms with Crippen molar-refractivity contribution in [2.45, 2.75) is 26.2 Å². The lowest BCUT2D eigenvalue weighted by Gasteiger charge is -2.18. The number of nitrogens with zero attached hydrogens (tertiary/aromatic N) is 2. The van der Waals surface area contributed by atoms with E-state index < -0.39 is 0 Å². The molecule has 0 saturated heterocycles. The van der Waals surface area contributed by atoms with Crippen LogP contribution in [-0.2, 0) is 0 Å². The lowest BCUT2D eigenvalue weighted by Crippen LogP contribution is -2.38. The first-order valence-corrected chi connectivity index (χ1v) is 9.94. The van der Waals surface area contributed by atoms with Crippen LogP contribution in [0.25, 0.3) is 0 Å². The van der Waals surface area contributed by atoms with Gasteiger partial charge in [-0.1, -0.05) is 18.2 Å². The third-order valence-corrected chi connectivity index (χ3v) is 4.23. The maximum Gasteiger partial charge on any atom is 0.191 e. The number of hydrogen-bond donors (Lipinski definition) is 2. The lowest BCUT2D eigenvalue weighted by atomic mass is 10.3. The normalized spacial score (nSPS) is 10.9. The quantitative estimate of drug-likeness (QED) is 0.226. The molecule has 4 nitrogen and oxygen atoms in total. The van der Waals surface area contributed by atoms with Crippen molar-refractivity contribution in [3.63, 3.8) is 0 Å². The fourth-order valence-electron chi connectivity index (χ4n) is 2.23. The molecule has 0 aliphatic heterocycles. The van der Waals surface area contributed by atoms with E-state index in [-0.39, 0.29) is 24.0 Å². The molecule has 0 unspecified atom stereocenters. The molecular weight excluding hydrogens is 431 g/mol. The van der Waals surface area contributed by atoms with Gasteiger partial charge < -0.3 is 15.5 Å². The molecule has 0 aliphatic carbocycles. The molecule has 0 aromatic heterocycles. The minimum absolute atomic E-state index is 0. The highest BCUT2D eigenvalue weighted by molar-refractivity contribution is 14.0. The van der Waals surface area contributed by atoms with Crippen LogP contribution < -0.4 is 15.5 Å². The Kier molecular flexibility index (Phi) is 15.5. The van der Waals surface area contributed by atoms with E-state index in [1.165, 1.54) is 24.3 Å². The molecule has 1 aromatic rings. The highest BCUT2D eigenvalue weighted by atomic mass is 127. The van der Waals surface area contributed by atoms with Gasteiger partial charge in [0.15, 0.2) is 5.96 Å². The molecule has 0 atom stereocenters. The van der Waals surface area contributed by atoms with Gasteiger partial charge in [-0.05, 0) is 50.3 Å². The number of nitrogens with one attached hydrogen (secondary N) is 2. The summed E-state index contributed by atoms with van der Waals surface area (Å²) in [5, 5.41) is 6.73. The van der Waals surface area contributed by atoms with Crippen LogP contribution in [0, 0.1) is 0 Å². The zero-order valence-corrected chi connectivity index (χ0v) is 18.4. The Morgan fingerprint density at radius 2 is 1.88 bits per heavy atom. The Balaban J connectivity index is 0.00000529. The highest BCUT2D eigenvalue weighted by Gasteiger charge is 2.00. The van der Waals surface area contributed by atoms with Gasteiger partial charge in [-0.3, -0.25) is 4.99 Å². The van der Waals surface area contributed by atoms with Crippen molar-refractivity contribution in [2.24, 2.45) is 4.99 Å². The van der Waals surface area contributed by atoms with Crippen molar-refractivity contribution in [3.05, 3.63) is 30.3 Å². The van der Waals surface area contributed by atoms with E-state index in [1.807, 2.05) is 11.8 Å². The Bertz CT molecular complexity index is 428. The average Bonchev–Trinajstić information content (AvgIpc) is 2.59. The van der Waals surface area contributed by atoms with E-state index in [0.29, 0.717) is 0 Å². The van der Waals surface area contributed by atoms with Gasteiger partial charge in [-0.25, -0.2) is 0 Å². The summed E-state index contributed by atoms with van der Waals surface area (Å²) in [6.07, 6.45) is 5.66. The Morgan fingerprint density at radius 3 is 2.54 bits per heavy atom. The van der Waals surface area contributed by atoms with Gasteiger partial charge in [0.25, 0.3) is 0 Å². The predicted molar refractivity (Wildman–Crippen MR) is 121 cm³/mol. The summed E-state index contributed by atoms with van der Waals surface area (Å²) >= 11 is 1.91. The molecule has 0 radical (unpaired) electrons. The van der Waals surface area contributed by atoms with Crippen molar-refractivity contribution >= 4 is 47.4 Å². The number of halogens is 1. The fraction of sp³-hybridized carbons (Fsp3) is 0.611. The van der Waals surface area contributed by atoms with Gasteiger partial charge in [0, 0.05) is 38.9 Å². The summed E-state index contributed by atoms with van der Waals surface area (Å²) < 4.78 is 0. The van der Waals surface area contributed by atoms with E-state index in [0.717, 1.165) is 38.6 Å². The van der Waals surface area contributed by atoms with Crippen LogP contribution in [0.15, 0.2) is 35.3 Å². The molecule has 6 heteroatoms. The second kappa shape index (κ2) is 15.9. The second-order valence-corrected chi connectivity index (χ2v) is 6.48. The van der Waals surface area contributed by atoms with Gasteiger partial charge in [0.05, 0.1) is 0 Å². The molecule has 1 rings (SSSR count). The maximum atomic E-state index is 4.66. The van der Waals surface area contributed by atoms with E-state index >= 15 is 0 Å². The van der Waals surface area contributed by atoms with E-state index in [4.69, 9.17) is 0 Å². The minimum Gasteiger partial charge on any atom is -0.375 e. The molecule has 0 spiro atoms. The number of benzene rings is 1. The standard InChI is InChI=1S/C18H32N4S.HI/c1-4-19-18(20-13-8-9-16-23-3)21-14-10-15-22(2)17-11-6-5-7-12-17;/h5-7,11-12H,4,8-10,13-16H2,1-3H3,(H2,19,20,21);1H. The van der Waals surface area contributed by atoms with E-state index in [9.17, 15) is 0 Å². The Hall–Kier alpha value is -0.630. The van der Waals surface area contributed by atoms with Gasteiger partial charge in [-0.15, -0.1) is 24.0 Å². The number of guanidine groups is 1. The molecule has 0 bridgehead atoms. The molecule has 24 heavy (non-hydrogen) atoms. The molecule has 0 heterocycles. The number of unbranched alkanes of at least 4 members (excludes halogenated alkanes) is 1. The zero-order valence-electron chi connectivity index (χ0n) is 15.3. The molecule has 2 N–H and O–H groups in total. The Morgan fingerprint density at radius 1 is 1.12 bits per heavy atom. The molecule has 1 aromatic carbocycles. The molecule has 0 amide bonds. The van der Waals surface area contributed by atoms with Crippen LogP contribution in [0.3, 0.4) is 0 Å². The molecule has 138 valence electrons. The van der Waals surface area contributed by atoms with Crippen molar-refractivity contribution in [1.82, 2.24) is 10.6 Å². The van der Waals surface area contributed by atoms with Gasteiger partial charge >= 0.3 is 0 Å². The van der Waals surface area contributed by atoms with Crippen LogP contribution >= 0.6 is 35.7 Å². The van der Waals surface area contributed by atoms with Gasteiger partial charge in [0.1, 0.15) is 0 Å². The first-order chi connectivity index (χ1) is 11.3. The minimum atomic E-state index is 0. The topological polar surface area (TPSA) is 39.7 Å². The summed E-state index contributed by atoms with van der Waals surface area (Å²) in [6.45, 7) is 5.86. The van der Waals surface area contributed by atoms with Crippen molar-refractivity contribution in [3.8, 4) is 0 Å². The summed E-state index contributed by atoms with van der Waals surface area (Å²) in [5.41, 5.74) is 1.26. The molecular formula is C18H33IN4S. The highest BCUT2D eigenvalue weighted by Crippen LogP contribution is 2.10. The van der Waals surface area contributed by atoms with E-state index in [1.54, 1.807) is 0 Å². The van der Waals surface area contributed by atoms with Crippen LogP contribution in [0.2, 0.25) is 0 Å². The van der Waals surface area contributed by atoms with Crippen LogP contribution in [0.1, 0.15) is 26.2 Å². The number of hydrogen-bond acceptors (Lipinski definition) is 3. The molecule has 0 fully saturated rings. The predicted octanol–water partition coefficient (Wildman–Crippen LogP) is 3.83. The maximum absolute atomic E-state index is 4.66. The third-order valence-electron chi connectivity index (χ3n) is 3.53. The zero-order chi connectivity index (χ0) is 16.8. The second-order valence-electron chi connectivity index (χ2n) is 5.50. The number of rotatable bonds is 11. The summed E-state index contributed by atoms with van der Waals surface area (Å²) in [6, 6.07) is 10.5. The molecule has 0 aliphatic rings. The van der Waals surface area contributed by atoms with Gasteiger partial charge in [-0.2, -0.15) is 11.8 Å². The molecule has 0 saturated carbocycles. The number of para-hydroxylation sites is 1. The SMILES string of the molecule is CCNC(=NCCCN(C)c1ccccc1)NCCCCSC.I. The fourth-order valence-corrected chi connectivity index (χ4v) is 2.72. The summed E-state index contributed by atoms with van der Waals surface area (Å²) in [5.74, 6) is 2.18. The van der Waals surface area contributed by atoms with Crippen LogP contribution in [0.5, 0.6) is 0 Å². The summed E-state index contributed by atoms with van der Waals surface area (Å²) in [7, 11) is 2.13. The smallest absolute Gasteiger partial charge is 0.191 e. The average molecular weight is 464 g/mol. The number of aliphatic imine (C=N–C) groups is 1. The van der Waals surface area contributed by atoms with E-state index in [2.05, 4.69) is 71.1 Å².